The van der Waals surface area contributed by atoms with E-state index >= 15 is 0 Å². The molecule has 1 aliphatic carbocycles. The van der Waals surface area contributed by atoms with Crippen LogP contribution in [0.1, 0.15) is 46.1 Å². The summed E-state index contributed by atoms with van der Waals surface area (Å²) in [4.78, 5) is 15.6. The van der Waals surface area contributed by atoms with Crippen LogP contribution >= 0.6 is 11.6 Å². The lowest BCUT2D eigenvalue weighted by atomic mass is 10.2. The molecule has 0 spiro atoms. The topological polar surface area (TPSA) is 106 Å². The van der Waals surface area contributed by atoms with Crippen LogP contribution in [0.3, 0.4) is 0 Å². The summed E-state index contributed by atoms with van der Waals surface area (Å²) < 4.78 is 41.6. The Labute approximate surface area is 265 Å². The molecule has 2 heterocycles. The van der Waals surface area contributed by atoms with Crippen LogP contribution in [0.25, 0.3) is 5.69 Å². The molecular formula is C32H42ClN5O5S. The summed E-state index contributed by atoms with van der Waals surface area (Å²) in [5.41, 5.74) is 2.17. The van der Waals surface area contributed by atoms with Crippen molar-refractivity contribution in [2.75, 3.05) is 56.2 Å². The molecule has 1 aromatic heterocycles. The summed E-state index contributed by atoms with van der Waals surface area (Å²) in [6, 6.07) is 14.4. The van der Waals surface area contributed by atoms with Gasteiger partial charge in [0.2, 0.25) is 15.8 Å². The third-order valence-electron chi connectivity index (χ3n) is 7.85. The van der Waals surface area contributed by atoms with Gasteiger partial charge < -0.3 is 19.7 Å². The highest BCUT2D eigenvalue weighted by molar-refractivity contribution is 7.88. The van der Waals surface area contributed by atoms with Crippen LogP contribution in [0.2, 0.25) is 5.02 Å². The molecule has 1 saturated heterocycles. The van der Waals surface area contributed by atoms with Gasteiger partial charge in [-0.3, -0.25) is 4.79 Å². The van der Waals surface area contributed by atoms with E-state index in [1.54, 1.807) is 30.5 Å². The zero-order valence-electron chi connectivity index (χ0n) is 25.9. The van der Waals surface area contributed by atoms with Crippen LogP contribution in [0.5, 0.6) is 5.75 Å². The fourth-order valence-electron chi connectivity index (χ4n) is 5.02. The molecule has 2 aromatic carbocycles. The number of aromatic nitrogens is 2. The number of nitrogens with one attached hydrogen (secondary N) is 1. The fourth-order valence-corrected chi connectivity index (χ4v) is 6.71. The highest BCUT2D eigenvalue weighted by Gasteiger charge is 2.39. The molecule has 0 radical (unpaired) electrons. The molecule has 238 valence electrons. The highest BCUT2D eigenvalue weighted by atomic mass is 35.5. The molecule has 3 aromatic rings. The maximum Gasteiger partial charge on any atom is 0.316 e. The Morgan fingerprint density at radius 2 is 1.77 bits per heavy atom. The maximum absolute atomic E-state index is 13.6. The molecular weight excluding hydrogens is 602 g/mol. The third kappa shape index (κ3) is 8.32. The van der Waals surface area contributed by atoms with Crippen molar-refractivity contribution in [3.8, 4) is 11.4 Å². The highest BCUT2D eigenvalue weighted by Crippen LogP contribution is 2.45. The Kier molecular flexibility index (Phi) is 9.60. The summed E-state index contributed by atoms with van der Waals surface area (Å²) in [6.45, 7) is 11.2. The zero-order chi connectivity index (χ0) is 31.5. The zero-order valence-corrected chi connectivity index (χ0v) is 27.5. The van der Waals surface area contributed by atoms with E-state index in [0.717, 1.165) is 18.5 Å². The number of benzene rings is 2. The number of piperazine rings is 1. The second kappa shape index (κ2) is 13.1. The van der Waals surface area contributed by atoms with Crippen molar-refractivity contribution in [2.45, 2.75) is 51.9 Å². The first-order chi connectivity index (χ1) is 20.8. The van der Waals surface area contributed by atoms with Gasteiger partial charge in [0.05, 0.1) is 36.5 Å². The van der Waals surface area contributed by atoms with E-state index in [2.05, 4.69) is 17.3 Å². The lowest BCUT2D eigenvalue weighted by molar-refractivity contribution is 0.00333. The largest absolute Gasteiger partial charge is 0.486 e. The SMILES string of the molecule is CC1(COc2c(N3CCN(S(=O)(=O)Cc4cccc(NCCOC(C)(C)C)c4)CC3)cnn(-c3cccc(Cl)c3)c2=O)CC1. The van der Waals surface area contributed by atoms with Gasteiger partial charge in [-0.25, -0.2) is 8.42 Å². The minimum absolute atomic E-state index is 0.0632. The van der Waals surface area contributed by atoms with Crippen LogP contribution in [0.15, 0.2) is 59.5 Å². The Hall–Kier alpha value is -3.12. The van der Waals surface area contributed by atoms with E-state index in [9.17, 15) is 13.2 Å². The minimum Gasteiger partial charge on any atom is -0.486 e. The van der Waals surface area contributed by atoms with Gasteiger partial charge in [-0.05, 0) is 69.5 Å². The molecule has 0 atom stereocenters. The van der Waals surface area contributed by atoms with Crippen molar-refractivity contribution < 1.29 is 17.9 Å². The molecule has 2 fully saturated rings. The van der Waals surface area contributed by atoms with Crippen LogP contribution in [0.4, 0.5) is 11.4 Å². The predicted octanol–water partition coefficient (Wildman–Crippen LogP) is 4.94. The summed E-state index contributed by atoms with van der Waals surface area (Å²) in [5.74, 6) is 0.132. The van der Waals surface area contributed by atoms with E-state index in [-0.39, 0.29) is 28.1 Å². The molecule has 1 saturated carbocycles. The van der Waals surface area contributed by atoms with Gasteiger partial charge in [0.1, 0.15) is 5.69 Å². The molecule has 1 aliphatic heterocycles. The van der Waals surface area contributed by atoms with Crippen LogP contribution in [0, 0.1) is 5.41 Å². The fraction of sp³-hybridized carbons (Fsp3) is 0.500. The van der Waals surface area contributed by atoms with Gasteiger partial charge >= 0.3 is 5.56 Å². The monoisotopic (exact) mass is 643 g/mol. The number of rotatable bonds is 12. The Bertz CT molecular complexity index is 1630. The molecule has 0 unspecified atom stereocenters. The van der Waals surface area contributed by atoms with Crippen LogP contribution in [-0.2, 0) is 20.5 Å². The first kappa shape index (κ1) is 32.3. The number of hydrogen-bond donors (Lipinski definition) is 1. The van der Waals surface area contributed by atoms with Crippen molar-refractivity contribution in [3.63, 3.8) is 0 Å². The Balaban J connectivity index is 1.26. The van der Waals surface area contributed by atoms with Crippen LogP contribution in [-0.4, -0.2) is 74.0 Å². The van der Waals surface area contributed by atoms with Gasteiger partial charge in [-0.15, -0.1) is 0 Å². The molecule has 10 nitrogen and oxygen atoms in total. The summed E-state index contributed by atoms with van der Waals surface area (Å²) in [5, 5.41) is 8.24. The number of sulfonamides is 1. The standard InChI is InChI=1S/C32H42ClN5O5S/c1-31(2,3)43-18-13-34-26-9-5-7-24(19-26)22-44(40,41)37-16-14-36(15-17-37)28-21-35-38(27-10-6-8-25(33)20-27)30(39)29(28)42-23-32(4)11-12-32/h5-10,19-21,34H,11-18,22-23H2,1-4H3. The molecule has 2 aliphatic rings. The van der Waals surface area contributed by atoms with Gasteiger partial charge in [0.25, 0.3) is 0 Å². The molecule has 1 N–H and O–H groups in total. The third-order valence-corrected chi connectivity index (χ3v) is 9.94. The van der Waals surface area contributed by atoms with Gasteiger partial charge in [0.15, 0.2) is 0 Å². The quantitative estimate of drug-likeness (QED) is 0.277. The average Bonchev–Trinajstić information content (AvgIpc) is 3.71. The van der Waals surface area contributed by atoms with Crippen molar-refractivity contribution >= 4 is 33.0 Å². The molecule has 5 rings (SSSR count). The number of hydrogen-bond acceptors (Lipinski definition) is 8. The second-order valence-corrected chi connectivity index (χ2v) is 15.3. The molecule has 12 heteroatoms. The number of ether oxygens (including phenoxy) is 2. The molecule has 0 bridgehead atoms. The summed E-state index contributed by atoms with van der Waals surface area (Å²) in [6.07, 6.45) is 3.73. The first-order valence-corrected chi connectivity index (χ1v) is 17.0. The van der Waals surface area contributed by atoms with Crippen molar-refractivity contribution in [3.05, 3.63) is 75.7 Å². The molecule has 0 amide bonds. The first-order valence-electron chi connectivity index (χ1n) is 15.0. The van der Waals surface area contributed by atoms with Gasteiger partial charge in [0, 0.05) is 48.8 Å². The van der Waals surface area contributed by atoms with Crippen molar-refractivity contribution in [2.24, 2.45) is 5.41 Å². The predicted molar refractivity (Wildman–Crippen MR) is 175 cm³/mol. The number of anilines is 2. The van der Waals surface area contributed by atoms with E-state index < -0.39 is 10.0 Å². The van der Waals surface area contributed by atoms with Gasteiger partial charge in [-0.2, -0.15) is 14.1 Å². The second-order valence-electron chi connectivity index (χ2n) is 12.9. The van der Waals surface area contributed by atoms with Crippen LogP contribution < -0.4 is 20.5 Å². The van der Waals surface area contributed by atoms with Crippen molar-refractivity contribution in [1.29, 1.82) is 0 Å². The van der Waals surface area contributed by atoms with E-state index in [1.807, 2.05) is 49.9 Å². The summed E-state index contributed by atoms with van der Waals surface area (Å²) in [7, 11) is -3.56. The normalized spacial score (nSPS) is 17.0. The number of nitrogens with zero attached hydrogens (tertiary/aromatic N) is 4. The van der Waals surface area contributed by atoms with E-state index in [0.29, 0.717) is 67.9 Å². The van der Waals surface area contributed by atoms with Gasteiger partial charge in [-0.1, -0.05) is 36.7 Å². The minimum atomic E-state index is -3.56. The van der Waals surface area contributed by atoms with Crippen molar-refractivity contribution in [1.82, 2.24) is 14.1 Å². The lowest BCUT2D eigenvalue weighted by Crippen LogP contribution is -2.49. The average molecular weight is 644 g/mol. The smallest absolute Gasteiger partial charge is 0.316 e. The Morgan fingerprint density at radius 1 is 1.05 bits per heavy atom. The van der Waals surface area contributed by atoms with E-state index in [4.69, 9.17) is 21.1 Å². The Morgan fingerprint density at radius 3 is 2.45 bits per heavy atom. The molecule has 44 heavy (non-hydrogen) atoms. The number of halogens is 1. The lowest BCUT2D eigenvalue weighted by Gasteiger charge is -2.35. The maximum atomic E-state index is 13.6. The summed E-state index contributed by atoms with van der Waals surface area (Å²) >= 11 is 6.17. The van der Waals surface area contributed by atoms with E-state index in [1.165, 1.54) is 8.99 Å².